The summed E-state index contributed by atoms with van der Waals surface area (Å²) in [5, 5.41) is 0. The molecule has 4 nitrogen and oxygen atoms in total. The highest BCUT2D eigenvalue weighted by Gasteiger charge is 2.27. The molecule has 4 heteroatoms. The van der Waals surface area contributed by atoms with Crippen LogP contribution in [0.5, 0.6) is 0 Å². The third kappa shape index (κ3) is 3.57. The fourth-order valence-electron chi connectivity index (χ4n) is 3.45. The molecule has 1 saturated heterocycles. The van der Waals surface area contributed by atoms with Crippen LogP contribution >= 0.6 is 0 Å². The summed E-state index contributed by atoms with van der Waals surface area (Å²) in [7, 11) is 1.78. The topological polar surface area (TPSA) is 37.7 Å². The van der Waals surface area contributed by atoms with Crippen LogP contribution in [-0.2, 0) is 11.3 Å². The number of benzene rings is 1. The lowest BCUT2D eigenvalue weighted by molar-refractivity contribution is 0.123. The number of nitrogens with zero attached hydrogens (tertiary/aromatic N) is 3. The van der Waals surface area contributed by atoms with Crippen molar-refractivity contribution >= 4 is 11.5 Å². The first-order chi connectivity index (χ1) is 12.3. The second kappa shape index (κ2) is 7.08. The Kier molecular flexibility index (Phi) is 4.49. The van der Waals surface area contributed by atoms with E-state index in [1.54, 1.807) is 13.3 Å². The molecule has 0 amide bonds. The minimum atomic E-state index is 0.606. The maximum atomic E-state index is 5.32. The van der Waals surface area contributed by atoms with Crippen LogP contribution in [-0.4, -0.2) is 36.0 Å². The van der Waals surface area contributed by atoms with E-state index in [1.165, 1.54) is 11.4 Å². The molecule has 2 aliphatic rings. The van der Waals surface area contributed by atoms with E-state index in [-0.39, 0.29) is 0 Å². The van der Waals surface area contributed by atoms with E-state index in [2.05, 4.69) is 39.9 Å². The van der Waals surface area contributed by atoms with E-state index in [0.717, 1.165) is 49.5 Å². The normalized spacial score (nSPS) is 18.5. The van der Waals surface area contributed by atoms with Gasteiger partial charge in [0.1, 0.15) is 11.5 Å². The molecule has 25 heavy (non-hydrogen) atoms. The van der Waals surface area contributed by atoms with Crippen molar-refractivity contribution in [2.75, 3.05) is 20.3 Å². The second-order valence-electron chi connectivity index (χ2n) is 6.58. The Bertz CT molecular complexity index is 848. The highest BCUT2D eigenvalue weighted by molar-refractivity contribution is 5.87. The minimum absolute atomic E-state index is 0.606. The summed E-state index contributed by atoms with van der Waals surface area (Å²) in [5.74, 6) is 8.11. The Morgan fingerprint density at radius 1 is 1.24 bits per heavy atom. The first-order valence-corrected chi connectivity index (χ1v) is 8.69. The maximum absolute atomic E-state index is 5.32. The average molecular weight is 331 g/mol. The van der Waals surface area contributed by atoms with Gasteiger partial charge >= 0.3 is 0 Å². The quantitative estimate of drug-likeness (QED) is 0.792. The molecule has 0 aliphatic carbocycles. The van der Waals surface area contributed by atoms with E-state index >= 15 is 0 Å². The van der Waals surface area contributed by atoms with E-state index in [9.17, 15) is 0 Å². The van der Waals surface area contributed by atoms with Gasteiger partial charge < -0.3 is 9.64 Å². The van der Waals surface area contributed by atoms with Crippen LogP contribution in [0.2, 0.25) is 0 Å². The zero-order valence-corrected chi connectivity index (χ0v) is 14.4. The minimum Gasteiger partial charge on any atom is -0.384 e. The molecule has 1 atom stereocenters. The molecule has 4 rings (SSSR count). The molecule has 0 radical (unpaired) electrons. The van der Waals surface area contributed by atoms with Crippen LogP contribution in [0.1, 0.15) is 29.7 Å². The average Bonchev–Trinajstić information content (AvgIpc) is 2.66. The molecule has 2 aromatic rings. The zero-order valence-electron chi connectivity index (χ0n) is 14.4. The first kappa shape index (κ1) is 15.9. The Balaban J connectivity index is 1.55. The van der Waals surface area contributed by atoms with Gasteiger partial charge in [0.25, 0.3) is 0 Å². The van der Waals surface area contributed by atoms with Crippen molar-refractivity contribution in [1.82, 2.24) is 9.88 Å². The Hall–Kier alpha value is -2.64. The summed E-state index contributed by atoms with van der Waals surface area (Å²) in [6.45, 7) is 2.80. The van der Waals surface area contributed by atoms with Gasteiger partial charge in [-0.1, -0.05) is 18.1 Å². The molecule has 126 valence electrons. The molecule has 0 N–H and O–H groups in total. The Morgan fingerprint density at radius 3 is 3.04 bits per heavy atom. The predicted molar refractivity (Wildman–Crippen MR) is 98.8 cm³/mol. The molecule has 0 saturated carbocycles. The van der Waals surface area contributed by atoms with Crippen LogP contribution in [0.4, 0.5) is 5.69 Å². The van der Waals surface area contributed by atoms with Gasteiger partial charge in [0, 0.05) is 44.3 Å². The Labute approximate surface area is 148 Å². The van der Waals surface area contributed by atoms with Gasteiger partial charge in [-0.15, -0.1) is 0 Å². The Morgan fingerprint density at radius 2 is 2.20 bits per heavy atom. The number of ether oxygens (including phenoxy) is 1. The summed E-state index contributed by atoms with van der Waals surface area (Å²) in [6, 6.07) is 12.1. The maximum Gasteiger partial charge on any atom is 0.113 e. The van der Waals surface area contributed by atoms with Crippen LogP contribution < -0.4 is 0 Å². The van der Waals surface area contributed by atoms with Gasteiger partial charge in [0.15, 0.2) is 0 Å². The van der Waals surface area contributed by atoms with Crippen molar-refractivity contribution < 1.29 is 4.74 Å². The van der Waals surface area contributed by atoms with Gasteiger partial charge in [-0.05, 0) is 42.2 Å². The fourth-order valence-corrected chi connectivity index (χ4v) is 3.45. The zero-order chi connectivity index (χ0) is 17.1. The van der Waals surface area contributed by atoms with E-state index in [0.29, 0.717) is 5.92 Å². The smallest absolute Gasteiger partial charge is 0.113 e. The number of hydrogen-bond donors (Lipinski definition) is 0. The number of hydrogen-bond acceptors (Lipinski definition) is 4. The first-order valence-electron chi connectivity index (χ1n) is 8.69. The summed E-state index contributed by atoms with van der Waals surface area (Å²) in [6.07, 6.45) is 3.94. The number of pyridine rings is 1. The van der Waals surface area contributed by atoms with Crippen molar-refractivity contribution in [2.45, 2.75) is 19.4 Å². The highest BCUT2D eigenvalue weighted by Crippen LogP contribution is 2.31. The molecule has 1 aromatic heterocycles. The largest absolute Gasteiger partial charge is 0.384 e. The number of fused-ring (bicyclic) bond motifs is 2. The second-order valence-corrected chi connectivity index (χ2v) is 6.58. The molecule has 1 unspecified atom stereocenters. The SMILES string of the molecule is COCC1CCC2=Nc3cc(C#Cc4ccccn4)ccc3CN2C1. The van der Waals surface area contributed by atoms with Crippen LogP contribution in [0, 0.1) is 17.8 Å². The number of rotatable bonds is 2. The number of piperidine rings is 1. The van der Waals surface area contributed by atoms with Crippen molar-refractivity contribution in [2.24, 2.45) is 10.9 Å². The molecule has 1 fully saturated rings. The van der Waals surface area contributed by atoms with E-state index < -0.39 is 0 Å². The molecule has 0 spiro atoms. The van der Waals surface area contributed by atoms with Gasteiger partial charge in [-0.25, -0.2) is 9.98 Å². The lowest BCUT2D eigenvalue weighted by Gasteiger charge is -2.37. The molecular formula is C21H21N3O. The van der Waals surface area contributed by atoms with Gasteiger partial charge in [0.05, 0.1) is 12.3 Å². The summed E-state index contributed by atoms with van der Waals surface area (Å²) >= 11 is 0. The van der Waals surface area contributed by atoms with Crippen molar-refractivity contribution in [3.8, 4) is 11.8 Å². The molecule has 3 heterocycles. The van der Waals surface area contributed by atoms with Crippen molar-refractivity contribution in [3.05, 3.63) is 59.4 Å². The van der Waals surface area contributed by atoms with E-state index in [4.69, 9.17) is 9.73 Å². The van der Waals surface area contributed by atoms with Crippen LogP contribution in [0.15, 0.2) is 47.6 Å². The lowest BCUT2D eigenvalue weighted by Crippen LogP contribution is -2.42. The van der Waals surface area contributed by atoms with Crippen LogP contribution in [0.25, 0.3) is 0 Å². The van der Waals surface area contributed by atoms with Crippen molar-refractivity contribution in [3.63, 3.8) is 0 Å². The molecular weight excluding hydrogens is 310 g/mol. The summed E-state index contributed by atoms with van der Waals surface area (Å²) in [4.78, 5) is 11.5. The third-order valence-electron chi connectivity index (χ3n) is 4.72. The molecule has 1 aromatic carbocycles. The van der Waals surface area contributed by atoms with Gasteiger partial charge in [0.2, 0.25) is 0 Å². The lowest BCUT2D eigenvalue weighted by atomic mass is 9.95. The number of aromatic nitrogens is 1. The molecule has 2 aliphatic heterocycles. The van der Waals surface area contributed by atoms with Crippen LogP contribution in [0.3, 0.4) is 0 Å². The van der Waals surface area contributed by atoms with Crippen molar-refractivity contribution in [1.29, 1.82) is 0 Å². The third-order valence-corrected chi connectivity index (χ3v) is 4.72. The number of aliphatic imine (C=N–C) groups is 1. The van der Waals surface area contributed by atoms with Gasteiger partial charge in [-0.2, -0.15) is 0 Å². The number of methoxy groups -OCH3 is 1. The standard InChI is InChI=1S/C21H21N3O/c1-25-15-17-7-10-21-23-20-12-16(5-8-18(20)14-24(21)13-17)6-9-19-4-2-3-11-22-19/h2-5,8,11-12,17H,7,10,13-15H2,1H3. The van der Waals surface area contributed by atoms with Gasteiger partial charge in [-0.3, -0.25) is 0 Å². The van der Waals surface area contributed by atoms with E-state index in [1.807, 2.05) is 18.2 Å². The molecule has 0 bridgehead atoms. The fraction of sp³-hybridized carbons (Fsp3) is 0.333. The number of amidine groups is 1. The summed E-state index contributed by atoms with van der Waals surface area (Å²) < 4.78 is 5.32. The summed E-state index contributed by atoms with van der Waals surface area (Å²) in [5.41, 5.74) is 4.10. The predicted octanol–water partition coefficient (Wildman–Crippen LogP) is 3.38. The monoisotopic (exact) mass is 331 g/mol. The highest BCUT2D eigenvalue weighted by atomic mass is 16.5.